The van der Waals surface area contributed by atoms with Crippen LogP contribution in [0.2, 0.25) is 0 Å². The molecular formula is C14H20O3. The van der Waals surface area contributed by atoms with Crippen LogP contribution < -0.4 is 4.74 Å². The van der Waals surface area contributed by atoms with Gasteiger partial charge in [-0.1, -0.05) is 31.5 Å². The summed E-state index contributed by atoms with van der Waals surface area (Å²) >= 11 is 0. The maximum absolute atomic E-state index is 10.9. The van der Waals surface area contributed by atoms with Crippen LogP contribution in [0.5, 0.6) is 5.75 Å². The van der Waals surface area contributed by atoms with E-state index in [-0.39, 0.29) is 12.1 Å². The first kappa shape index (κ1) is 13.6. The van der Waals surface area contributed by atoms with Crippen LogP contribution in [0, 0.1) is 0 Å². The first-order chi connectivity index (χ1) is 8.22. The molecule has 0 aromatic heterocycles. The largest absolute Gasteiger partial charge is 0.493 e. The SMILES string of the molecule is CCC[C@H](CCOc1ccccc1)OC(C)=O. The molecule has 1 aromatic rings. The third-order valence-corrected chi connectivity index (χ3v) is 2.40. The fraction of sp³-hybridized carbons (Fsp3) is 0.500. The van der Waals surface area contributed by atoms with E-state index in [1.165, 1.54) is 6.92 Å². The molecule has 0 unspecified atom stereocenters. The third kappa shape index (κ3) is 5.95. The average Bonchev–Trinajstić information content (AvgIpc) is 2.30. The molecule has 0 aliphatic carbocycles. The zero-order valence-electron chi connectivity index (χ0n) is 10.5. The van der Waals surface area contributed by atoms with Crippen molar-refractivity contribution in [2.45, 2.75) is 39.2 Å². The second-order valence-corrected chi connectivity index (χ2v) is 3.97. The monoisotopic (exact) mass is 236 g/mol. The molecule has 0 heterocycles. The van der Waals surface area contributed by atoms with Crippen molar-refractivity contribution >= 4 is 5.97 Å². The molecule has 0 spiro atoms. The van der Waals surface area contributed by atoms with Crippen molar-refractivity contribution in [3.05, 3.63) is 30.3 Å². The van der Waals surface area contributed by atoms with Crippen LogP contribution in [0.4, 0.5) is 0 Å². The first-order valence-electron chi connectivity index (χ1n) is 6.07. The highest BCUT2D eigenvalue weighted by Crippen LogP contribution is 2.11. The molecule has 0 saturated heterocycles. The van der Waals surface area contributed by atoms with Gasteiger partial charge in [0, 0.05) is 13.3 Å². The molecule has 3 nitrogen and oxygen atoms in total. The minimum absolute atomic E-state index is 0.0267. The van der Waals surface area contributed by atoms with Gasteiger partial charge in [-0.15, -0.1) is 0 Å². The smallest absolute Gasteiger partial charge is 0.302 e. The van der Waals surface area contributed by atoms with Gasteiger partial charge in [0.25, 0.3) is 0 Å². The summed E-state index contributed by atoms with van der Waals surface area (Å²) in [6, 6.07) is 9.66. The van der Waals surface area contributed by atoms with Gasteiger partial charge >= 0.3 is 5.97 Å². The number of rotatable bonds is 7. The van der Waals surface area contributed by atoms with Gasteiger partial charge in [-0.3, -0.25) is 4.79 Å². The van der Waals surface area contributed by atoms with Crippen LogP contribution in [-0.2, 0) is 9.53 Å². The summed E-state index contributed by atoms with van der Waals surface area (Å²) in [5.41, 5.74) is 0. The minimum atomic E-state index is -0.219. The lowest BCUT2D eigenvalue weighted by Crippen LogP contribution is -2.19. The maximum Gasteiger partial charge on any atom is 0.302 e. The fourth-order valence-corrected chi connectivity index (χ4v) is 1.64. The van der Waals surface area contributed by atoms with Crippen molar-refractivity contribution < 1.29 is 14.3 Å². The number of hydrogen-bond acceptors (Lipinski definition) is 3. The molecule has 0 aliphatic heterocycles. The van der Waals surface area contributed by atoms with Gasteiger partial charge in [0.2, 0.25) is 0 Å². The van der Waals surface area contributed by atoms with E-state index in [1.807, 2.05) is 30.3 Å². The van der Waals surface area contributed by atoms with Crippen LogP contribution in [0.25, 0.3) is 0 Å². The van der Waals surface area contributed by atoms with Gasteiger partial charge in [0.15, 0.2) is 0 Å². The Balaban J connectivity index is 2.29. The summed E-state index contributed by atoms with van der Waals surface area (Å²) in [6.45, 7) is 4.09. The van der Waals surface area contributed by atoms with Crippen molar-refractivity contribution in [2.75, 3.05) is 6.61 Å². The molecule has 0 bridgehead atoms. The number of carbonyl (C=O) groups is 1. The Hall–Kier alpha value is -1.51. The molecule has 0 radical (unpaired) electrons. The first-order valence-corrected chi connectivity index (χ1v) is 6.07. The van der Waals surface area contributed by atoms with E-state index in [1.54, 1.807) is 0 Å². The van der Waals surface area contributed by atoms with E-state index in [2.05, 4.69) is 6.92 Å². The molecule has 1 aromatic carbocycles. The van der Waals surface area contributed by atoms with E-state index in [9.17, 15) is 4.79 Å². The second-order valence-electron chi connectivity index (χ2n) is 3.97. The van der Waals surface area contributed by atoms with Gasteiger partial charge in [0.05, 0.1) is 6.61 Å². The highest BCUT2D eigenvalue weighted by atomic mass is 16.5. The Kier molecular flexibility index (Phi) is 6.15. The topological polar surface area (TPSA) is 35.5 Å². The standard InChI is InChI=1S/C14H20O3/c1-3-7-14(17-12(2)15)10-11-16-13-8-5-4-6-9-13/h4-6,8-9,14H,3,7,10-11H2,1-2H3/t14-/m1/s1. The van der Waals surface area contributed by atoms with Gasteiger partial charge < -0.3 is 9.47 Å². The van der Waals surface area contributed by atoms with Crippen LogP contribution in [0.1, 0.15) is 33.1 Å². The number of benzene rings is 1. The quantitative estimate of drug-likeness (QED) is 0.682. The van der Waals surface area contributed by atoms with E-state index in [4.69, 9.17) is 9.47 Å². The van der Waals surface area contributed by atoms with E-state index in [0.717, 1.165) is 25.0 Å². The Morgan fingerprint density at radius 3 is 2.53 bits per heavy atom. The number of esters is 1. The third-order valence-electron chi connectivity index (χ3n) is 2.40. The van der Waals surface area contributed by atoms with E-state index < -0.39 is 0 Å². The summed E-state index contributed by atoms with van der Waals surface area (Å²) in [4.78, 5) is 10.9. The van der Waals surface area contributed by atoms with Crippen LogP contribution >= 0.6 is 0 Å². The molecule has 17 heavy (non-hydrogen) atoms. The molecule has 1 atom stereocenters. The highest BCUT2D eigenvalue weighted by Gasteiger charge is 2.10. The Morgan fingerprint density at radius 1 is 1.24 bits per heavy atom. The minimum Gasteiger partial charge on any atom is -0.493 e. The molecule has 1 rings (SSSR count). The Morgan fingerprint density at radius 2 is 1.94 bits per heavy atom. The van der Waals surface area contributed by atoms with Crippen molar-refractivity contribution in [1.29, 1.82) is 0 Å². The van der Waals surface area contributed by atoms with Gasteiger partial charge in [-0.2, -0.15) is 0 Å². The summed E-state index contributed by atoms with van der Waals surface area (Å²) < 4.78 is 10.8. The molecule has 3 heteroatoms. The number of ether oxygens (including phenoxy) is 2. The zero-order valence-corrected chi connectivity index (χ0v) is 10.5. The molecule has 0 saturated carbocycles. The normalized spacial score (nSPS) is 11.9. The van der Waals surface area contributed by atoms with E-state index >= 15 is 0 Å². The Bertz CT molecular complexity index is 321. The Labute approximate surface area is 103 Å². The van der Waals surface area contributed by atoms with Crippen molar-refractivity contribution in [2.24, 2.45) is 0 Å². The molecule has 0 N–H and O–H groups in total. The van der Waals surface area contributed by atoms with Gasteiger partial charge in [-0.25, -0.2) is 0 Å². The molecule has 0 aliphatic rings. The molecule has 94 valence electrons. The van der Waals surface area contributed by atoms with Crippen LogP contribution in [0.15, 0.2) is 30.3 Å². The summed E-state index contributed by atoms with van der Waals surface area (Å²) in [6.07, 6.45) is 2.60. The lowest BCUT2D eigenvalue weighted by Gasteiger charge is -2.16. The molecular weight excluding hydrogens is 216 g/mol. The molecule has 0 fully saturated rings. The van der Waals surface area contributed by atoms with Crippen LogP contribution in [-0.4, -0.2) is 18.7 Å². The summed E-state index contributed by atoms with van der Waals surface area (Å²) in [5.74, 6) is 0.633. The summed E-state index contributed by atoms with van der Waals surface area (Å²) in [7, 11) is 0. The maximum atomic E-state index is 10.9. The van der Waals surface area contributed by atoms with Crippen molar-refractivity contribution in [3.8, 4) is 5.75 Å². The highest BCUT2D eigenvalue weighted by molar-refractivity contribution is 5.66. The average molecular weight is 236 g/mol. The zero-order chi connectivity index (χ0) is 12.5. The second kappa shape index (κ2) is 7.71. The summed E-state index contributed by atoms with van der Waals surface area (Å²) in [5, 5.41) is 0. The predicted octanol–water partition coefficient (Wildman–Crippen LogP) is 3.19. The number of carbonyl (C=O) groups excluding carboxylic acids is 1. The van der Waals surface area contributed by atoms with E-state index in [0.29, 0.717) is 6.61 Å². The van der Waals surface area contributed by atoms with Gasteiger partial charge in [-0.05, 0) is 18.6 Å². The van der Waals surface area contributed by atoms with Crippen molar-refractivity contribution in [3.63, 3.8) is 0 Å². The lowest BCUT2D eigenvalue weighted by atomic mass is 10.1. The van der Waals surface area contributed by atoms with Crippen molar-refractivity contribution in [1.82, 2.24) is 0 Å². The number of hydrogen-bond donors (Lipinski definition) is 0. The predicted molar refractivity (Wildman–Crippen MR) is 67.0 cm³/mol. The fourth-order valence-electron chi connectivity index (χ4n) is 1.64. The van der Waals surface area contributed by atoms with Crippen LogP contribution in [0.3, 0.4) is 0 Å². The van der Waals surface area contributed by atoms with Gasteiger partial charge in [0.1, 0.15) is 11.9 Å². The lowest BCUT2D eigenvalue weighted by molar-refractivity contribution is -0.147. The molecule has 0 amide bonds. The number of para-hydroxylation sites is 1.